The van der Waals surface area contributed by atoms with E-state index in [2.05, 4.69) is 5.32 Å². The summed E-state index contributed by atoms with van der Waals surface area (Å²) in [6.07, 6.45) is 2.70. The molecule has 0 aliphatic heterocycles. The number of nitrogens with zero attached hydrogens (tertiary/aromatic N) is 2. The maximum atomic E-state index is 13.8. The molecule has 0 spiro atoms. The van der Waals surface area contributed by atoms with Gasteiger partial charge in [0.05, 0.1) is 17.7 Å². The normalized spacial score (nSPS) is 18.4. The predicted molar refractivity (Wildman–Crippen MR) is 129 cm³/mol. The molecule has 2 heterocycles. The van der Waals surface area contributed by atoms with E-state index in [1.54, 1.807) is 28.3 Å². The number of aliphatic hydroxyl groups excluding tert-OH is 1. The summed E-state index contributed by atoms with van der Waals surface area (Å²) in [7, 11) is 1.76. The van der Waals surface area contributed by atoms with Crippen molar-refractivity contribution in [2.24, 2.45) is 7.05 Å². The zero-order valence-electron chi connectivity index (χ0n) is 20.1. The molecular weight excluding hydrogens is 437 g/mol. The third-order valence-electron chi connectivity index (χ3n) is 6.45. The highest BCUT2D eigenvalue weighted by atomic mass is 19.1. The summed E-state index contributed by atoms with van der Waals surface area (Å²) in [5.41, 5.74) is 1.89. The van der Waals surface area contributed by atoms with E-state index < -0.39 is 0 Å². The average Bonchev–Trinajstić information content (AvgIpc) is 3.07. The third-order valence-corrected chi connectivity index (χ3v) is 6.45. The number of rotatable bonds is 6. The van der Waals surface area contributed by atoms with Crippen LogP contribution in [0, 0.1) is 5.82 Å². The lowest BCUT2D eigenvalue weighted by atomic mass is 9.93. The van der Waals surface area contributed by atoms with Gasteiger partial charge in [0.2, 0.25) is 0 Å². The van der Waals surface area contributed by atoms with Crippen molar-refractivity contribution in [2.75, 3.05) is 0 Å². The number of benzene rings is 1. The minimum atomic E-state index is -0.381. The first kappa shape index (κ1) is 24.0. The lowest BCUT2D eigenvalue weighted by Crippen LogP contribution is -2.39. The number of nitrogens with one attached hydrogen (secondary N) is 1. The lowest BCUT2D eigenvalue weighted by molar-refractivity contribution is 0.0855. The van der Waals surface area contributed by atoms with Crippen molar-refractivity contribution in [1.29, 1.82) is 0 Å². The number of pyridine rings is 1. The van der Waals surface area contributed by atoms with Crippen LogP contribution in [0.5, 0.6) is 5.75 Å². The molecule has 1 amide bonds. The molecule has 1 fully saturated rings. The van der Waals surface area contributed by atoms with Gasteiger partial charge in [-0.15, -0.1) is 0 Å². The quantitative estimate of drug-likeness (QED) is 0.574. The number of aromatic nitrogens is 2. The van der Waals surface area contributed by atoms with Gasteiger partial charge in [-0.3, -0.25) is 14.2 Å². The molecule has 1 aromatic carbocycles. The van der Waals surface area contributed by atoms with Crippen LogP contribution in [0.1, 0.15) is 62.6 Å². The van der Waals surface area contributed by atoms with Crippen LogP contribution in [0.3, 0.4) is 0 Å². The Balaban J connectivity index is 1.89. The van der Waals surface area contributed by atoms with Crippen LogP contribution in [-0.2, 0) is 13.5 Å². The van der Waals surface area contributed by atoms with Gasteiger partial charge in [-0.2, -0.15) is 0 Å². The maximum Gasteiger partial charge on any atom is 0.272 e. The number of aryl methyl sites for hydroxylation is 2. The molecule has 34 heavy (non-hydrogen) atoms. The summed E-state index contributed by atoms with van der Waals surface area (Å²) < 4.78 is 22.9. The fraction of sp³-hybridized carbons (Fsp3) is 0.462. The molecule has 1 saturated carbocycles. The first-order valence-electron chi connectivity index (χ1n) is 11.9. The summed E-state index contributed by atoms with van der Waals surface area (Å²) in [6.45, 7) is 5.64. The molecule has 0 radical (unpaired) electrons. The van der Waals surface area contributed by atoms with Gasteiger partial charge < -0.3 is 19.7 Å². The second-order valence-corrected chi connectivity index (χ2v) is 9.25. The highest BCUT2D eigenvalue weighted by molar-refractivity contribution is 6.04. The average molecular weight is 470 g/mol. The number of carbonyl (C=O) groups is 1. The molecular formula is C26H32FN3O4. The fourth-order valence-corrected chi connectivity index (χ4v) is 4.73. The summed E-state index contributed by atoms with van der Waals surface area (Å²) in [5.74, 6) is -0.431. The predicted octanol–water partition coefficient (Wildman–Crippen LogP) is 3.85. The second kappa shape index (κ2) is 9.62. The van der Waals surface area contributed by atoms with E-state index in [-0.39, 0.29) is 41.3 Å². The number of fused-ring (bicyclic) bond motifs is 1. The van der Waals surface area contributed by atoms with Gasteiger partial charge in [0.25, 0.3) is 11.5 Å². The number of ether oxygens (including phenoxy) is 1. The molecule has 0 unspecified atom stereocenters. The standard InChI is InChI=1S/C26H32FN3O4/c1-5-18-14-21-22(26(33)30(18)19-10-6-16(27)7-11-19)24(34-15(2)3)23(29(21)4)25(32)28-17-8-12-20(31)13-9-17/h6-7,10-11,14-15,17,20,31H,5,8-9,12-13H2,1-4H3,(H,28,32). The Morgan fingerprint density at radius 2 is 1.85 bits per heavy atom. The van der Waals surface area contributed by atoms with Crippen molar-refractivity contribution < 1.29 is 19.0 Å². The number of carbonyl (C=O) groups excluding carboxylic acids is 1. The number of halogens is 1. The molecule has 1 aliphatic carbocycles. The molecule has 8 heteroatoms. The van der Waals surface area contributed by atoms with Crippen LogP contribution in [-0.4, -0.2) is 38.4 Å². The SMILES string of the molecule is CCc1cc2c(c(OC(C)C)c(C(=O)NC3CCC(O)CC3)n2C)c(=O)n1-c1ccc(F)cc1. The summed E-state index contributed by atoms with van der Waals surface area (Å²) in [4.78, 5) is 27.2. The first-order valence-corrected chi connectivity index (χ1v) is 11.9. The van der Waals surface area contributed by atoms with E-state index in [9.17, 15) is 19.1 Å². The lowest BCUT2D eigenvalue weighted by Gasteiger charge is -2.26. The highest BCUT2D eigenvalue weighted by Gasteiger charge is 2.29. The van der Waals surface area contributed by atoms with Crippen molar-refractivity contribution in [3.05, 3.63) is 57.9 Å². The minimum absolute atomic E-state index is 0.0390. The number of hydrogen-bond donors (Lipinski definition) is 2. The summed E-state index contributed by atoms with van der Waals surface area (Å²) in [6, 6.07) is 7.63. The van der Waals surface area contributed by atoms with Crippen molar-refractivity contribution in [3.63, 3.8) is 0 Å². The van der Waals surface area contributed by atoms with Crippen molar-refractivity contribution in [1.82, 2.24) is 14.5 Å². The Hall–Kier alpha value is -3.13. The van der Waals surface area contributed by atoms with Crippen LogP contribution in [0.4, 0.5) is 4.39 Å². The molecule has 2 aromatic heterocycles. The van der Waals surface area contributed by atoms with Gasteiger partial charge in [-0.1, -0.05) is 6.92 Å². The Kier molecular flexibility index (Phi) is 6.79. The molecule has 0 saturated heterocycles. The molecule has 0 bridgehead atoms. The van der Waals surface area contributed by atoms with Crippen LogP contribution in [0.2, 0.25) is 0 Å². The van der Waals surface area contributed by atoms with Gasteiger partial charge in [0, 0.05) is 24.5 Å². The molecule has 182 valence electrons. The van der Waals surface area contributed by atoms with Crippen molar-refractivity contribution in [3.8, 4) is 11.4 Å². The second-order valence-electron chi connectivity index (χ2n) is 9.25. The van der Waals surface area contributed by atoms with Crippen LogP contribution in [0.25, 0.3) is 16.6 Å². The smallest absolute Gasteiger partial charge is 0.272 e. The van der Waals surface area contributed by atoms with E-state index in [4.69, 9.17) is 4.74 Å². The number of amides is 1. The van der Waals surface area contributed by atoms with Gasteiger partial charge in [0.1, 0.15) is 11.2 Å². The van der Waals surface area contributed by atoms with E-state index in [0.29, 0.717) is 54.4 Å². The van der Waals surface area contributed by atoms with Gasteiger partial charge in [0.15, 0.2) is 11.4 Å². The first-order chi connectivity index (χ1) is 16.2. The molecule has 3 aromatic rings. The molecule has 1 aliphatic rings. The molecule has 0 atom stereocenters. The van der Waals surface area contributed by atoms with Crippen molar-refractivity contribution >= 4 is 16.8 Å². The monoisotopic (exact) mass is 469 g/mol. The highest BCUT2D eigenvalue weighted by Crippen LogP contribution is 2.33. The van der Waals surface area contributed by atoms with Crippen LogP contribution < -0.4 is 15.6 Å². The van der Waals surface area contributed by atoms with Gasteiger partial charge in [-0.25, -0.2) is 4.39 Å². The van der Waals surface area contributed by atoms with Gasteiger partial charge >= 0.3 is 0 Å². The fourth-order valence-electron chi connectivity index (χ4n) is 4.73. The summed E-state index contributed by atoms with van der Waals surface area (Å²) in [5, 5.41) is 13.2. The Labute approximate surface area is 198 Å². The molecule has 4 rings (SSSR count). The minimum Gasteiger partial charge on any atom is -0.488 e. The Bertz CT molecular complexity index is 1250. The maximum absolute atomic E-state index is 13.8. The number of hydrogen-bond acceptors (Lipinski definition) is 4. The topological polar surface area (TPSA) is 85.5 Å². The zero-order valence-corrected chi connectivity index (χ0v) is 20.1. The Morgan fingerprint density at radius 1 is 1.21 bits per heavy atom. The molecule has 2 N–H and O–H groups in total. The molecule has 7 nitrogen and oxygen atoms in total. The Morgan fingerprint density at radius 3 is 2.44 bits per heavy atom. The van der Waals surface area contributed by atoms with Crippen molar-refractivity contribution in [2.45, 2.75) is 71.1 Å². The van der Waals surface area contributed by atoms with E-state index in [1.807, 2.05) is 26.8 Å². The largest absolute Gasteiger partial charge is 0.488 e. The van der Waals surface area contributed by atoms with Crippen LogP contribution in [0.15, 0.2) is 35.1 Å². The van der Waals surface area contributed by atoms with Crippen LogP contribution >= 0.6 is 0 Å². The zero-order chi connectivity index (χ0) is 24.6. The van der Waals surface area contributed by atoms with Gasteiger partial charge in [-0.05, 0) is 76.3 Å². The third kappa shape index (κ3) is 4.46. The van der Waals surface area contributed by atoms with E-state index in [0.717, 1.165) is 5.69 Å². The summed E-state index contributed by atoms with van der Waals surface area (Å²) >= 11 is 0. The number of aliphatic hydroxyl groups is 1. The van der Waals surface area contributed by atoms with E-state index in [1.165, 1.54) is 12.1 Å². The van der Waals surface area contributed by atoms with E-state index >= 15 is 0 Å².